The monoisotopic (exact) mass is 331 g/mol. The number of likely N-dealkylation sites (tertiary alicyclic amines) is 1. The Hall–Kier alpha value is -1.43. The summed E-state index contributed by atoms with van der Waals surface area (Å²) in [4.78, 5) is 16.9. The van der Waals surface area contributed by atoms with Crippen molar-refractivity contribution in [2.75, 3.05) is 26.2 Å². The number of carbonyl (C=O) groups excluding carboxylic acids is 1. The topological polar surface area (TPSA) is 58.8 Å². The standard InChI is InChI=1S/C19H29N3O2/c1-14-11-21(12-15(2)24-14)13-16-3-5-17(6-4-16)19(23)22-9-7-18(20)8-10-22/h3-6,14-15,18H,7-13,20H2,1-2H3. The van der Waals surface area contributed by atoms with Crippen LogP contribution < -0.4 is 5.73 Å². The van der Waals surface area contributed by atoms with Gasteiger partial charge in [-0.15, -0.1) is 0 Å². The van der Waals surface area contributed by atoms with Crippen LogP contribution in [0.5, 0.6) is 0 Å². The van der Waals surface area contributed by atoms with Gasteiger partial charge in [0.2, 0.25) is 0 Å². The van der Waals surface area contributed by atoms with Crippen molar-refractivity contribution in [3.05, 3.63) is 35.4 Å². The normalized spacial score (nSPS) is 26.5. The molecule has 2 saturated heterocycles. The summed E-state index contributed by atoms with van der Waals surface area (Å²) in [6.45, 7) is 8.60. The number of rotatable bonds is 3. The van der Waals surface area contributed by atoms with E-state index in [1.807, 2.05) is 17.0 Å². The summed E-state index contributed by atoms with van der Waals surface area (Å²) in [5, 5.41) is 0. The second-order valence-corrected chi connectivity index (χ2v) is 7.28. The first-order valence-electron chi connectivity index (χ1n) is 9.03. The number of amides is 1. The average molecular weight is 331 g/mol. The van der Waals surface area contributed by atoms with Gasteiger partial charge in [0.15, 0.2) is 0 Å². The van der Waals surface area contributed by atoms with Crippen LogP contribution in [0.1, 0.15) is 42.6 Å². The van der Waals surface area contributed by atoms with E-state index in [2.05, 4.69) is 30.9 Å². The van der Waals surface area contributed by atoms with E-state index in [4.69, 9.17) is 10.5 Å². The van der Waals surface area contributed by atoms with Gasteiger partial charge in [-0.25, -0.2) is 0 Å². The molecule has 0 radical (unpaired) electrons. The molecular weight excluding hydrogens is 302 g/mol. The molecule has 0 saturated carbocycles. The fourth-order valence-corrected chi connectivity index (χ4v) is 3.71. The minimum absolute atomic E-state index is 0.127. The molecular formula is C19H29N3O2. The van der Waals surface area contributed by atoms with E-state index in [1.54, 1.807) is 0 Å². The van der Waals surface area contributed by atoms with Crippen LogP contribution in [0.4, 0.5) is 0 Å². The van der Waals surface area contributed by atoms with Gasteiger partial charge in [-0.2, -0.15) is 0 Å². The van der Waals surface area contributed by atoms with Crippen LogP contribution in [-0.2, 0) is 11.3 Å². The molecule has 5 heteroatoms. The third-order valence-corrected chi connectivity index (χ3v) is 4.93. The lowest BCUT2D eigenvalue weighted by Crippen LogP contribution is -2.44. The van der Waals surface area contributed by atoms with Gasteiger partial charge < -0.3 is 15.4 Å². The molecule has 2 atom stereocenters. The predicted octanol–water partition coefficient (Wildman–Crippen LogP) is 1.86. The van der Waals surface area contributed by atoms with Gasteiger partial charge in [0, 0.05) is 44.3 Å². The van der Waals surface area contributed by atoms with Crippen LogP contribution in [0.3, 0.4) is 0 Å². The molecule has 1 aromatic carbocycles. The molecule has 2 aliphatic heterocycles. The zero-order valence-electron chi connectivity index (χ0n) is 14.8. The Balaban J connectivity index is 1.58. The molecule has 5 nitrogen and oxygen atoms in total. The van der Waals surface area contributed by atoms with E-state index in [-0.39, 0.29) is 24.2 Å². The van der Waals surface area contributed by atoms with E-state index < -0.39 is 0 Å². The quantitative estimate of drug-likeness (QED) is 0.918. The molecule has 0 aliphatic carbocycles. The molecule has 1 aromatic rings. The van der Waals surface area contributed by atoms with Crippen LogP contribution in [0, 0.1) is 0 Å². The first kappa shape index (κ1) is 17.4. The first-order valence-corrected chi connectivity index (χ1v) is 9.03. The molecule has 0 bridgehead atoms. The number of piperidine rings is 1. The number of nitrogens with two attached hydrogens (primary N) is 1. The number of benzene rings is 1. The molecule has 132 valence electrons. The summed E-state index contributed by atoms with van der Waals surface area (Å²) in [5.41, 5.74) is 7.93. The highest BCUT2D eigenvalue weighted by Crippen LogP contribution is 2.17. The molecule has 1 amide bonds. The van der Waals surface area contributed by atoms with Gasteiger partial charge in [-0.05, 0) is 44.4 Å². The van der Waals surface area contributed by atoms with E-state index >= 15 is 0 Å². The van der Waals surface area contributed by atoms with Crippen LogP contribution in [0.2, 0.25) is 0 Å². The van der Waals surface area contributed by atoms with Gasteiger partial charge in [-0.3, -0.25) is 9.69 Å². The summed E-state index contributed by atoms with van der Waals surface area (Å²) in [5.74, 6) is 0.127. The van der Waals surface area contributed by atoms with E-state index in [9.17, 15) is 4.79 Å². The van der Waals surface area contributed by atoms with E-state index in [1.165, 1.54) is 5.56 Å². The van der Waals surface area contributed by atoms with Gasteiger partial charge in [0.05, 0.1) is 12.2 Å². The van der Waals surface area contributed by atoms with Crippen LogP contribution >= 0.6 is 0 Å². The summed E-state index contributed by atoms with van der Waals surface area (Å²) in [6.07, 6.45) is 2.36. The predicted molar refractivity (Wildman–Crippen MR) is 94.8 cm³/mol. The highest BCUT2D eigenvalue weighted by Gasteiger charge is 2.23. The molecule has 0 spiro atoms. The maximum absolute atomic E-state index is 12.6. The lowest BCUT2D eigenvalue weighted by molar-refractivity contribution is -0.0704. The smallest absolute Gasteiger partial charge is 0.253 e. The highest BCUT2D eigenvalue weighted by molar-refractivity contribution is 5.94. The van der Waals surface area contributed by atoms with Crippen molar-refractivity contribution in [3.63, 3.8) is 0 Å². The Bertz CT molecular complexity index is 542. The average Bonchev–Trinajstić information content (AvgIpc) is 2.55. The van der Waals surface area contributed by atoms with Crippen LogP contribution in [0.25, 0.3) is 0 Å². The van der Waals surface area contributed by atoms with Crippen molar-refractivity contribution in [3.8, 4) is 0 Å². The number of hydrogen-bond acceptors (Lipinski definition) is 4. The van der Waals surface area contributed by atoms with Gasteiger partial charge in [0.1, 0.15) is 0 Å². The molecule has 2 aliphatic rings. The van der Waals surface area contributed by atoms with Crippen molar-refractivity contribution >= 4 is 5.91 Å². The molecule has 0 aromatic heterocycles. The van der Waals surface area contributed by atoms with E-state index in [0.717, 1.165) is 51.1 Å². The zero-order valence-corrected chi connectivity index (χ0v) is 14.8. The number of carbonyl (C=O) groups is 1. The number of hydrogen-bond donors (Lipinski definition) is 1. The minimum atomic E-state index is 0.127. The second-order valence-electron chi connectivity index (χ2n) is 7.28. The van der Waals surface area contributed by atoms with Gasteiger partial charge >= 0.3 is 0 Å². The van der Waals surface area contributed by atoms with Crippen molar-refractivity contribution in [2.45, 2.75) is 51.5 Å². The zero-order chi connectivity index (χ0) is 17.1. The summed E-state index contributed by atoms with van der Waals surface area (Å²) in [6, 6.07) is 8.31. The third kappa shape index (κ3) is 4.35. The molecule has 2 heterocycles. The lowest BCUT2D eigenvalue weighted by Gasteiger charge is -2.35. The molecule has 2 fully saturated rings. The number of nitrogens with zero attached hydrogens (tertiary/aromatic N) is 2. The van der Waals surface area contributed by atoms with Crippen LogP contribution in [0.15, 0.2) is 24.3 Å². The lowest BCUT2D eigenvalue weighted by atomic mass is 10.0. The molecule has 3 rings (SSSR count). The maximum Gasteiger partial charge on any atom is 0.253 e. The SMILES string of the molecule is CC1CN(Cc2ccc(C(=O)N3CCC(N)CC3)cc2)CC(C)O1. The Labute approximate surface area is 144 Å². The number of morpholine rings is 1. The molecule has 2 N–H and O–H groups in total. The summed E-state index contributed by atoms with van der Waals surface area (Å²) < 4.78 is 5.78. The maximum atomic E-state index is 12.6. The number of ether oxygens (including phenoxy) is 1. The van der Waals surface area contributed by atoms with Crippen LogP contribution in [-0.4, -0.2) is 60.1 Å². The Morgan fingerprint density at radius 2 is 1.71 bits per heavy atom. The van der Waals surface area contributed by atoms with Crippen molar-refractivity contribution in [1.29, 1.82) is 0 Å². The molecule has 2 unspecified atom stereocenters. The highest BCUT2D eigenvalue weighted by atomic mass is 16.5. The van der Waals surface area contributed by atoms with Gasteiger partial charge in [0.25, 0.3) is 5.91 Å². The second kappa shape index (κ2) is 7.64. The summed E-state index contributed by atoms with van der Waals surface area (Å²) in [7, 11) is 0. The Morgan fingerprint density at radius 3 is 2.29 bits per heavy atom. The largest absolute Gasteiger partial charge is 0.373 e. The fraction of sp³-hybridized carbons (Fsp3) is 0.632. The van der Waals surface area contributed by atoms with Crippen molar-refractivity contribution in [2.24, 2.45) is 5.73 Å². The molecule has 24 heavy (non-hydrogen) atoms. The van der Waals surface area contributed by atoms with Crippen molar-refractivity contribution in [1.82, 2.24) is 9.80 Å². The minimum Gasteiger partial charge on any atom is -0.373 e. The van der Waals surface area contributed by atoms with Crippen molar-refractivity contribution < 1.29 is 9.53 Å². The Kier molecular flexibility index (Phi) is 5.54. The summed E-state index contributed by atoms with van der Waals surface area (Å²) >= 11 is 0. The Morgan fingerprint density at radius 1 is 1.12 bits per heavy atom. The first-order chi connectivity index (χ1) is 11.5. The fourth-order valence-electron chi connectivity index (χ4n) is 3.71. The van der Waals surface area contributed by atoms with E-state index in [0.29, 0.717) is 0 Å². The van der Waals surface area contributed by atoms with Gasteiger partial charge in [-0.1, -0.05) is 12.1 Å². The third-order valence-electron chi connectivity index (χ3n) is 4.93.